The van der Waals surface area contributed by atoms with Crippen molar-refractivity contribution in [2.45, 2.75) is 18.4 Å². The van der Waals surface area contributed by atoms with E-state index < -0.39 is 35.1 Å². The Morgan fingerprint density at radius 2 is 1.53 bits per heavy atom. The minimum atomic E-state index is -4.77. The van der Waals surface area contributed by atoms with Crippen LogP contribution in [0.25, 0.3) is 0 Å². The number of nitrogens with two attached hydrogens (primary N) is 2. The van der Waals surface area contributed by atoms with Crippen molar-refractivity contribution in [3.05, 3.63) is 34.9 Å². The van der Waals surface area contributed by atoms with Gasteiger partial charge in [-0.15, -0.1) is 12.4 Å². The van der Waals surface area contributed by atoms with Gasteiger partial charge >= 0.3 is 12.4 Å². The van der Waals surface area contributed by atoms with Crippen molar-refractivity contribution in [1.29, 1.82) is 0 Å². The molecule has 0 aliphatic rings. The first-order chi connectivity index (χ1) is 8.07. The van der Waals surface area contributed by atoms with Gasteiger partial charge in [-0.1, -0.05) is 0 Å². The summed E-state index contributed by atoms with van der Waals surface area (Å²) >= 11 is 0. The van der Waals surface area contributed by atoms with Gasteiger partial charge in [-0.3, -0.25) is 0 Å². The maximum Gasteiger partial charge on any atom is 0.416 e. The highest BCUT2D eigenvalue weighted by Crippen LogP contribution is 2.37. The minimum absolute atomic E-state index is 0. The zero-order chi connectivity index (χ0) is 14.1. The third-order valence-electron chi connectivity index (χ3n) is 2.34. The molecule has 1 aromatic carbocycles. The van der Waals surface area contributed by atoms with Gasteiger partial charge in [0, 0.05) is 12.6 Å². The molecule has 4 N–H and O–H groups in total. The molecule has 2 nitrogen and oxygen atoms in total. The summed E-state index contributed by atoms with van der Waals surface area (Å²) in [6.07, 6.45) is -9.50. The van der Waals surface area contributed by atoms with E-state index in [1.807, 2.05) is 0 Å². The van der Waals surface area contributed by atoms with Gasteiger partial charge < -0.3 is 11.5 Å². The third kappa shape index (κ3) is 4.26. The summed E-state index contributed by atoms with van der Waals surface area (Å²) in [4.78, 5) is 0. The van der Waals surface area contributed by atoms with E-state index in [0.29, 0.717) is 18.2 Å². The van der Waals surface area contributed by atoms with E-state index in [9.17, 15) is 26.3 Å². The van der Waals surface area contributed by atoms with Crippen LogP contribution in [0.4, 0.5) is 26.3 Å². The van der Waals surface area contributed by atoms with Crippen LogP contribution in [0.2, 0.25) is 0 Å². The number of halogens is 7. The lowest BCUT2D eigenvalue weighted by atomic mass is 9.97. The van der Waals surface area contributed by atoms with Crippen LogP contribution >= 0.6 is 12.4 Å². The predicted molar refractivity (Wildman–Crippen MR) is 59.7 cm³/mol. The lowest BCUT2D eigenvalue weighted by molar-refractivity contribution is -0.142. The van der Waals surface area contributed by atoms with Gasteiger partial charge in [-0.25, -0.2) is 0 Å². The molecule has 1 rings (SSSR count). The van der Waals surface area contributed by atoms with Crippen molar-refractivity contribution in [2.75, 3.05) is 6.54 Å². The van der Waals surface area contributed by atoms with Gasteiger partial charge in [0.25, 0.3) is 0 Å². The molecule has 0 fully saturated rings. The van der Waals surface area contributed by atoms with Crippen molar-refractivity contribution < 1.29 is 26.3 Å². The van der Waals surface area contributed by atoms with Crippen molar-refractivity contribution in [3.63, 3.8) is 0 Å². The lowest BCUT2D eigenvalue weighted by Gasteiger charge is -2.19. The fraction of sp³-hybridized carbons (Fsp3) is 0.400. The Bertz CT molecular complexity index is 429. The smallest absolute Gasteiger partial charge is 0.329 e. The molecule has 110 valence electrons. The van der Waals surface area contributed by atoms with Gasteiger partial charge in [0.05, 0.1) is 11.1 Å². The SMILES string of the molecule is Cl.NC[C@H](N)c1cc(C(F)(F)F)ccc1C(F)(F)F. The fourth-order valence-corrected chi connectivity index (χ4v) is 1.43. The molecular weight excluding hydrogens is 298 g/mol. The Morgan fingerprint density at radius 3 is 1.89 bits per heavy atom. The topological polar surface area (TPSA) is 52.0 Å². The van der Waals surface area contributed by atoms with Crippen LogP contribution < -0.4 is 11.5 Å². The second kappa shape index (κ2) is 5.98. The highest BCUT2D eigenvalue weighted by molar-refractivity contribution is 5.85. The van der Waals surface area contributed by atoms with Crippen LogP contribution in [-0.2, 0) is 12.4 Å². The van der Waals surface area contributed by atoms with Crippen LogP contribution in [0, 0.1) is 0 Å². The van der Waals surface area contributed by atoms with E-state index in [2.05, 4.69) is 0 Å². The molecule has 0 aliphatic carbocycles. The molecular formula is C10H11ClF6N2. The summed E-state index contributed by atoms with van der Waals surface area (Å²) in [6.45, 7) is -0.385. The Labute approximate surface area is 111 Å². The fourth-order valence-electron chi connectivity index (χ4n) is 1.43. The first-order valence-electron chi connectivity index (χ1n) is 4.81. The summed E-state index contributed by atoms with van der Waals surface area (Å²) < 4.78 is 75.0. The van der Waals surface area contributed by atoms with Crippen molar-refractivity contribution in [2.24, 2.45) is 11.5 Å². The molecule has 1 atom stereocenters. The summed E-state index contributed by atoms with van der Waals surface area (Å²) in [5.41, 5.74) is 7.37. The number of hydrogen-bond acceptors (Lipinski definition) is 2. The first-order valence-corrected chi connectivity index (χ1v) is 4.81. The van der Waals surface area contributed by atoms with E-state index in [0.717, 1.165) is 0 Å². The highest BCUT2D eigenvalue weighted by atomic mass is 35.5. The molecule has 0 aromatic heterocycles. The standard InChI is InChI=1S/C10H10F6N2.ClH/c11-9(12,13)5-1-2-7(10(14,15)16)6(3-5)8(18)4-17;/h1-3,8H,4,17-18H2;1H/t8-;/m0./s1. The summed E-state index contributed by atoms with van der Waals surface area (Å²) in [6, 6.07) is -0.173. The van der Waals surface area contributed by atoms with Crippen LogP contribution in [-0.4, -0.2) is 6.54 Å². The second-order valence-corrected chi connectivity index (χ2v) is 3.64. The molecule has 0 heterocycles. The van der Waals surface area contributed by atoms with Gasteiger partial charge in [-0.05, 0) is 23.8 Å². The van der Waals surface area contributed by atoms with E-state index in [1.54, 1.807) is 0 Å². The average Bonchev–Trinajstić information content (AvgIpc) is 2.24. The number of rotatable bonds is 2. The molecule has 0 saturated carbocycles. The summed E-state index contributed by atoms with van der Waals surface area (Å²) in [5.74, 6) is 0. The Morgan fingerprint density at radius 1 is 1.00 bits per heavy atom. The Kier molecular flexibility index (Phi) is 5.66. The normalized spacial score (nSPS) is 13.9. The van der Waals surface area contributed by atoms with Crippen molar-refractivity contribution in [3.8, 4) is 0 Å². The van der Waals surface area contributed by atoms with Gasteiger partial charge in [0.2, 0.25) is 0 Å². The number of benzene rings is 1. The van der Waals surface area contributed by atoms with Crippen LogP contribution in [0.3, 0.4) is 0 Å². The van der Waals surface area contributed by atoms with E-state index in [1.165, 1.54) is 0 Å². The minimum Gasteiger partial charge on any atom is -0.329 e. The monoisotopic (exact) mass is 308 g/mol. The molecule has 9 heteroatoms. The summed E-state index contributed by atoms with van der Waals surface area (Å²) in [5, 5.41) is 0. The molecule has 0 saturated heterocycles. The van der Waals surface area contributed by atoms with Crippen LogP contribution in [0.5, 0.6) is 0 Å². The van der Waals surface area contributed by atoms with Gasteiger partial charge in [-0.2, -0.15) is 26.3 Å². The van der Waals surface area contributed by atoms with Crippen molar-refractivity contribution >= 4 is 12.4 Å². The van der Waals surface area contributed by atoms with Gasteiger partial charge in [0.15, 0.2) is 0 Å². The molecule has 0 spiro atoms. The lowest BCUT2D eigenvalue weighted by Crippen LogP contribution is -2.25. The first kappa shape index (κ1) is 18.0. The molecule has 0 amide bonds. The maximum absolute atomic E-state index is 12.6. The molecule has 0 unspecified atom stereocenters. The highest BCUT2D eigenvalue weighted by Gasteiger charge is 2.37. The molecule has 1 aromatic rings. The molecule has 0 bridgehead atoms. The Hall–Kier alpha value is -0.990. The maximum atomic E-state index is 12.6. The zero-order valence-electron chi connectivity index (χ0n) is 9.35. The zero-order valence-corrected chi connectivity index (χ0v) is 10.2. The molecule has 0 aliphatic heterocycles. The van der Waals surface area contributed by atoms with E-state index in [4.69, 9.17) is 11.5 Å². The molecule has 0 radical (unpaired) electrons. The van der Waals surface area contributed by atoms with E-state index in [-0.39, 0.29) is 19.0 Å². The van der Waals surface area contributed by atoms with Gasteiger partial charge in [0.1, 0.15) is 0 Å². The Balaban J connectivity index is 0.00000324. The largest absolute Gasteiger partial charge is 0.416 e. The number of alkyl halides is 6. The third-order valence-corrected chi connectivity index (χ3v) is 2.34. The average molecular weight is 309 g/mol. The van der Waals surface area contributed by atoms with Crippen molar-refractivity contribution in [1.82, 2.24) is 0 Å². The van der Waals surface area contributed by atoms with Crippen LogP contribution in [0.1, 0.15) is 22.7 Å². The number of hydrogen-bond donors (Lipinski definition) is 2. The predicted octanol–water partition coefficient (Wildman–Crippen LogP) is 3.10. The molecule has 19 heavy (non-hydrogen) atoms. The van der Waals surface area contributed by atoms with Crippen LogP contribution in [0.15, 0.2) is 18.2 Å². The second-order valence-electron chi connectivity index (χ2n) is 3.64. The van der Waals surface area contributed by atoms with E-state index >= 15 is 0 Å². The summed E-state index contributed by atoms with van der Waals surface area (Å²) in [7, 11) is 0. The quantitative estimate of drug-likeness (QED) is 0.825.